The quantitative estimate of drug-likeness (QED) is 0.743. The fourth-order valence-corrected chi connectivity index (χ4v) is 6.33. The predicted molar refractivity (Wildman–Crippen MR) is 77.2 cm³/mol. The van der Waals surface area contributed by atoms with E-state index in [2.05, 4.69) is 4.90 Å². The number of hydrogen-bond acceptors (Lipinski definition) is 3. The molecule has 0 radical (unpaired) electrons. The molecule has 0 aromatic rings. The first kappa shape index (κ1) is 13.1. The number of esters is 1. The molecule has 1 heterocycles. The van der Waals surface area contributed by atoms with E-state index < -0.39 is 0 Å². The highest BCUT2D eigenvalue weighted by Gasteiger charge is 2.52. The van der Waals surface area contributed by atoms with Gasteiger partial charge in [0.1, 0.15) is 6.04 Å². The molecule has 1 atom stereocenters. The molecule has 0 spiro atoms. The van der Waals surface area contributed by atoms with E-state index >= 15 is 0 Å². The molecule has 0 aromatic heterocycles. The van der Waals surface area contributed by atoms with Crippen molar-refractivity contribution in [2.75, 3.05) is 20.2 Å². The van der Waals surface area contributed by atoms with Crippen molar-refractivity contribution in [3.8, 4) is 0 Å². The Labute approximate surface area is 122 Å². The van der Waals surface area contributed by atoms with Gasteiger partial charge in [0.05, 0.1) is 7.11 Å². The molecule has 3 heteroatoms. The van der Waals surface area contributed by atoms with Crippen LogP contribution in [0.5, 0.6) is 0 Å². The van der Waals surface area contributed by atoms with Crippen molar-refractivity contribution in [2.45, 2.75) is 57.4 Å². The van der Waals surface area contributed by atoms with Gasteiger partial charge < -0.3 is 4.74 Å². The van der Waals surface area contributed by atoms with E-state index in [4.69, 9.17) is 4.74 Å². The second-order valence-electron chi connectivity index (χ2n) is 8.07. The van der Waals surface area contributed by atoms with Gasteiger partial charge in [0.2, 0.25) is 0 Å². The van der Waals surface area contributed by atoms with Gasteiger partial charge in [0.25, 0.3) is 0 Å². The Balaban J connectivity index is 1.49. The molecule has 1 unspecified atom stereocenters. The lowest BCUT2D eigenvalue weighted by Crippen LogP contribution is -2.52. The fourth-order valence-electron chi connectivity index (χ4n) is 6.33. The highest BCUT2D eigenvalue weighted by Crippen LogP contribution is 2.60. The summed E-state index contributed by atoms with van der Waals surface area (Å²) in [6, 6.07) is 0.0491. The minimum Gasteiger partial charge on any atom is -0.468 e. The number of carbonyl (C=O) groups is 1. The van der Waals surface area contributed by atoms with Gasteiger partial charge >= 0.3 is 5.97 Å². The average Bonchev–Trinajstić information content (AvgIpc) is 2.83. The van der Waals surface area contributed by atoms with Crippen LogP contribution in [0.25, 0.3) is 0 Å². The van der Waals surface area contributed by atoms with Gasteiger partial charge in [-0.1, -0.05) is 0 Å². The number of ether oxygens (including phenoxy) is 1. The van der Waals surface area contributed by atoms with E-state index in [9.17, 15) is 4.79 Å². The molecule has 5 fully saturated rings. The molecule has 0 N–H and O–H groups in total. The second kappa shape index (κ2) is 4.72. The van der Waals surface area contributed by atoms with Crippen LogP contribution in [-0.4, -0.2) is 37.1 Å². The minimum absolute atomic E-state index is 0.00720. The lowest BCUT2D eigenvalue weighted by Gasteiger charge is -2.58. The maximum atomic E-state index is 11.9. The van der Waals surface area contributed by atoms with Crippen LogP contribution < -0.4 is 0 Å². The van der Waals surface area contributed by atoms with Crippen LogP contribution in [0.2, 0.25) is 0 Å². The van der Waals surface area contributed by atoms with Gasteiger partial charge in [-0.15, -0.1) is 0 Å². The van der Waals surface area contributed by atoms with E-state index in [0.717, 1.165) is 43.7 Å². The summed E-state index contributed by atoms with van der Waals surface area (Å²) < 4.78 is 5.00. The van der Waals surface area contributed by atoms with Gasteiger partial charge in [0, 0.05) is 6.54 Å². The lowest BCUT2D eigenvalue weighted by atomic mass is 9.49. The van der Waals surface area contributed by atoms with Gasteiger partial charge in [-0.25, -0.2) is 0 Å². The van der Waals surface area contributed by atoms with Crippen molar-refractivity contribution in [3.63, 3.8) is 0 Å². The average molecular weight is 277 g/mol. The second-order valence-corrected chi connectivity index (χ2v) is 8.07. The molecule has 3 nitrogen and oxygen atoms in total. The summed E-state index contributed by atoms with van der Waals surface area (Å²) in [7, 11) is 1.53. The zero-order valence-corrected chi connectivity index (χ0v) is 12.6. The van der Waals surface area contributed by atoms with Gasteiger partial charge in [-0.3, -0.25) is 9.69 Å². The molecule has 20 heavy (non-hydrogen) atoms. The van der Waals surface area contributed by atoms with E-state index in [1.807, 2.05) is 0 Å². The van der Waals surface area contributed by atoms with Crippen molar-refractivity contribution in [2.24, 2.45) is 23.2 Å². The number of methoxy groups -OCH3 is 1. The van der Waals surface area contributed by atoms with Crippen LogP contribution >= 0.6 is 0 Å². The summed E-state index contributed by atoms with van der Waals surface area (Å²) in [5.41, 5.74) is 0.547. The number of hydrogen-bond donors (Lipinski definition) is 0. The summed E-state index contributed by atoms with van der Waals surface area (Å²) in [6.45, 7) is 2.26. The van der Waals surface area contributed by atoms with Crippen LogP contribution in [0.3, 0.4) is 0 Å². The summed E-state index contributed by atoms with van der Waals surface area (Å²) in [6.07, 6.45) is 11.0. The molecule has 4 saturated carbocycles. The third-order valence-corrected chi connectivity index (χ3v) is 6.54. The predicted octanol–water partition coefficient (Wildman–Crippen LogP) is 2.84. The first-order valence-electron chi connectivity index (χ1n) is 8.49. The highest BCUT2D eigenvalue weighted by molar-refractivity contribution is 5.76. The van der Waals surface area contributed by atoms with E-state index in [1.54, 1.807) is 0 Å². The third-order valence-electron chi connectivity index (χ3n) is 6.54. The van der Waals surface area contributed by atoms with Crippen molar-refractivity contribution in [1.29, 1.82) is 0 Å². The normalized spacial score (nSPS) is 46.9. The van der Waals surface area contributed by atoms with E-state index in [1.165, 1.54) is 45.6 Å². The molecule has 0 amide bonds. The highest BCUT2D eigenvalue weighted by atomic mass is 16.5. The maximum Gasteiger partial charge on any atom is 0.323 e. The lowest BCUT2D eigenvalue weighted by molar-refractivity contribution is -0.147. The van der Waals surface area contributed by atoms with Crippen LogP contribution in [0.4, 0.5) is 0 Å². The third kappa shape index (κ3) is 2.09. The Morgan fingerprint density at radius 2 is 1.75 bits per heavy atom. The minimum atomic E-state index is -0.00720. The Bertz CT molecular complexity index is 371. The number of nitrogens with zero attached hydrogens (tertiary/aromatic N) is 1. The van der Waals surface area contributed by atoms with Crippen molar-refractivity contribution >= 4 is 5.97 Å². The number of carbonyl (C=O) groups excluding carboxylic acids is 1. The smallest absolute Gasteiger partial charge is 0.323 e. The number of likely N-dealkylation sites (tertiary alicyclic amines) is 1. The molecule has 0 aromatic carbocycles. The largest absolute Gasteiger partial charge is 0.468 e. The topological polar surface area (TPSA) is 29.5 Å². The molecule has 1 saturated heterocycles. The monoisotopic (exact) mass is 277 g/mol. The Hall–Kier alpha value is -0.570. The summed E-state index contributed by atoms with van der Waals surface area (Å²) in [5, 5.41) is 0. The Morgan fingerprint density at radius 3 is 2.30 bits per heavy atom. The molecule has 5 aliphatic rings. The zero-order valence-electron chi connectivity index (χ0n) is 12.6. The van der Waals surface area contributed by atoms with Crippen molar-refractivity contribution in [3.05, 3.63) is 0 Å². The standard InChI is InChI=1S/C17H27NO2/c1-20-16(19)15-3-2-4-18(15)11-17-8-12-5-13(9-17)7-14(6-12)10-17/h12-15H,2-11H2,1H3. The van der Waals surface area contributed by atoms with Crippen LogP contribution in [0.1, 0.15) is 51.4 Å². The molecular formula is C17H27NO2. The van der Waals surface area contributed by atoms with Crippen LogP contribution in [0, 0.1) is 23.2 Å². The van der Waals surface area contributed by atoms with Crippen LogP contribution in [0.15, 0.2) is 0 Å². The van der Waals surface area contributed by atoms with Gasteiger partial charge in [-0.05, 0) is 81.1 Å². The fraction of sp³-hybridized carbons (Fsp3) is 0.941. The van der Waals surface area contributed by atoms with Gasteiger partial charge in [-0.2, -0.15) is 0 Å². The SMILES string of the molecule is COC(=O)C1CCCN1CC12CC3CC(CC(C3)C1)C2. The molecule has 4 bridgehead atoms. The van der Waals surface area contributed by atoms with Crippen molar-refractivity contribution in [1.82, 2.24) is 4.90 Å². The summed E-state index contributed by atoms with van der Waals surface area (Å²) in [4.78, 5) is 14.4. The summed E-state index contributed by atoms with van der Waals surface area (Å²) >= 11 is 0. The molecule has 4 aliphatic carbocycles. The molecule has 112 valence electrons. The summed E-state index contributed by atoms with van der Waals surface area (Å²) in [5.74, 6) is 2.99. The van der Waals surface area contributed by atoms with Crippen molar-refractivity contribution < 1.29 is 9.53 Å². The number of rotatable bonds is 3. The first-order chi connectivity index (χ1) is 9.67. The van der Waals surface area contributed by atoms with E-state index in [0.29, 0.717) is 5.41 Å². The molecule has 5 rings (SSSR count). The Morgan fingerprint density at radius 1 is 1.15 bits per heavy atom. The molecule has 1 aliphatic heterocycles. The Kier molecular flexibility index (Phi) is 3.10. The maximum absolute atomic E-state index is 11.9. The first-order valence-corrected chi connectivity index (χ1v) is 8.49. The van der Waals surface area contributed by atoms with Gasteiger partial charge in [0.15, 0.2) is 0 Å². The molecular weight excluding hydrogens is 250 g/mol. The zero-order chi connectivity index (χ0) is 13.7. The van der Waals surface area contributed by atoms with E-state index in [-0.39, 0.29) is 12.0 Å². The van der Waals surface area contributed by atoms with Crippen LogP contribution in [-0.2, 0) is 9.53 Å².